The number of rotatable bonds is 7. The molecule has 4 rings (SSSR count). The molecule has 8 heteroatoms. The molecular formula is C22H24FN3O3S. The van der Waals surface area contributed by atoms with E-state index in [-0.39, 0.29) is 11.7 Å². The van der Waals surface area contributed by atoms with Gasteiger partial charge >= 0.3 is 0 Å². The lowest BCUT2D eigenvalue weighted by molar-refractivity contribution is 0.0391. The number of amides is 1. The van der Waals surface area contributed by atoms with Crippen LogP contribution in [-0.4, -0.2) is 61.8 Å². The Kier molecular flexibility index (Phi) is 6.56. The zero-order chi connectivity index (χ0) is 20.9. The predicted molar refractivity (Wildman–Crippen MR) is 116 cm³/mol. The minimum Gasteiger partial charge on any atom is -0.494 e. The summed E-state index contributed by atoms with van der Waals surface area (Å²) < 4.78 is 25.8. The Labute approximate surface area is 178 Å². The quantitative estimate of drug-likeness (QED) is 0.572. The Balaban J connectivity index is 1.61. The van der Waals surface area contributed by atoms with Gasteiger partial charge in [0.25, 0.3) is 5.91 Å². The van der Waals surface area contributed by atoms with E-state index in [4.69, 9.17) is 9.47 Å². The van der Waals surface area contributed by atoms with E-state index in [1.54, 1.807) is 35.2 Å². The van der Waals surface area contributed by atoms with Gasteiger partial charge in [0.1, 0.15) is 17.1 Å². The zero-order valence-corrected chi connectivity index (χ0v) is 17.7. The maximum atomic E-state index is 14.2. The number of anilines is 1. The van der Waals surface area contributed by atoms with Crippen LogP contribution >= 0.6 is 11.3 Å². The highest BCUT2D eigenvalue weighted by Crippen LogP contribution is 2.31. The van der Waals surface area contributed by atoms with E-state index in [9.17, 15) is 9.18 Å². The summed E-state index contributed by atoms with van der Waals surface area (Å²) in [5, 5.41) is 0.502. The fourth-order valence-corrected chi connectivity index (χ4v) is 4.39. The molecule has 2 heterocycles. The lowest BCUT2D eigenvalue weighted by Crippen LogP contribution is -2.43. The van der Waals surface area contributed by atoms with Crippen molar-refractivity contribution >= 4 is 32.6 Å². The van der Waals surface area contributed by atoms with Gasteiger partial charge in [0, 0.05) is 31.7 Å². The van der Waals surface area contributed by atoms with Gasteiger partial charge in [0.2, 0.25) is 0 Å². The van der Waals surface area contributed by atoms with Crippen LogP contribution in [0.2, 0.25) is 0 Å². The Morgan fingerprint density at radius 3 is 2.70 bits per heavy atom. The number of benzene rings is 2. The summed E-state index contributed by atoms with van der Waals surface area (Å²) in [6.45, 7) is 6.70. The van der Waals surface area contributed by atoms with Gasteiger partial charge in [0.15, 0.2) is 5.13 Å². The van der Waals surface area contributed by atoms with E-state index in [1.165, 1.54) is 17.4 Å². The van der Waals surface area contributed by atoms with Crippen LogP contribution in [0, 0.1) is 5.82 Å². The van der Waals surface area contributed by atoms with Crippen LogP contribution in [0.4, 0.5) is 9.52 Å². The van der Waals surface area contributed by atoms with Gasteiger partial charge in [-0.15, -0.1) is 0 Å². The van der Waals surface area contributed by atoms with Crippen LogP contribution in [0.5, 0.6) is 5.75 Å². The number of ether oxygens (including phenoxy) is 2. The molecule has 1 aliphatic heterocycles. The summed E-state index contributed by atoms with van der Waals surface area (Å²) in [7, 11) is 0. The molecule has 2 aromatic carbocycles. The van der Waals surface area contributed by atoms with Crippen LogP contribution < -0.4 is 9.64 Å². The summed E-state index contributed by atoms with van der Waals surface area (Å²) in [6, 6.07) is 11.9. The second-order valence-corrected chi connectivity index (χ2v) is 7.96. The molecule has 0 atom stereocenters. The Morgan fingerprint density at radius 1 is 1.23 bits per heavy atom. The molecule has 30 heavy (non-hydrogen) atoms. The van der Waals surface area contributed by atoms with E-state index in [2.05, 4.69) is 9.88 Å². The molecule has 0 bridgehead atoms. The molecule has 0 unspecified atom stereocenters. The van der Waals surface area contributed by atoms with Gasteiger partial charge in [-0.2, -0.15) is 0 Å². The number of aromatic nitrogens is 1. The average Bonchev–Trinajstić information content (AvgIpc) is 3.21. The minimum atomic E-state index is -0.378. The van der Waals surface area contributed by atoms with Crippen molar-refractivity contribution in [3.63, 3.8) is 0 Å². The summed E-state index contributed by atoms with van der Waals surface area (Å²) in [4.78, 5) is 21.7. The Hall–Kier alpha value is -2.55. The molecule has 3 aromatic rings. The van der Waals surface area contributed by atoms with E-state index in [0.717, 1.165) is 23.5 Å². The highest BCUT2D eigenvalue weighted by molar-refractivity contribution is 7.22. The number of morpholine rings is 1. The first-order chi connectivity index (χ1) is 14.7. The molecule has 6 nitrogen and oxygen atoms in total. The van der Waals surface area contributed by atoms with Crippen LogP contribution in [-0.2, 0) is 4.74 Å². The maximum absolute atomic E-state index is 14.2. The van der Waals surface area contributed by atoms with E-state index >= 15 is 0 Å². The fraction of sp³-hybridized carbons (Fsp3) is 0.364. The number of halogens is 1. The highest BCUT2D eigenvalue weighted by Gasteiger charge is 2.23. The molecule has 0 spiro atoms. The third-order valence-electron chi connectivity index (χ3n) is 4.99. The first-order valence-corrected chi connectivity index (χ1v) is 10.9. The second-order valence-electron chi connectivity index (χ2n) is 6.95. The SMILES string of the molecule is CCOc1ccc(C(=O)N(CCN2CCOCC2)c2nc3c(F)cccc3s2)cc1. The molecule has 0 saturated carbocycles. The van der Waals surface area contributed by atoms with Crippen LogP contribution in [0.15, 0.2) is 42.5 Å². The van der Waals surface area contributed by atoms with Gasteiger partial charge in [-0.05, 0) is 43.3 Å². The number of hydrogen-bond donors (Lipinski definition) is 0. The maximum Gasteiger partial charge on any atom is 0.260 e. The van der Waals surface area contributed by atoms with Gasteiger partial charge in [-0.3, -0.25) is 14.6 Å². The number of hydrogen-bond acceptors (Lipinski definition) is 6. The third-order valence-corrected chi connectivity index (χ3v) is 6.03. The largest absolute Gasteiger partial charge is 0.494 e. The fourth-order valence-electron chi connectivity index (χ4n) is 3.39. The van der Waals surface area contributed by atoms with Crippen molar-refractivity contribution in [2.75, 3.05) is 50.9 Å². The van der Waals surface area contributed by atoms with E-state index < -0.39 is 0 Å². The van der Waals surface area contributed by atoms with Gasteiger partial charge < -0.3 is 9.47 Å². The standard InChI is InChI=1S/C22H24FN3O3S/c1-2-29-17-8-6-16(7-9-17)21(27)26(11-10-25-12-14-28-15-13-25)22-24-20-18(23)4-3-5-19(20)30-22/h3-9H,2,10-15H2,1H3. The summed E-state index contributed by atoms with van der Waals surface area (Å²) in [5.74, 6) is 0.179. The first-order valence-electron chi connectivity index (χ1n) is 10.1. The predicted octanol–water partition coefficient (Wildman–Crippen LogP) is 3.81. The molecule has 0 radical (unpaired) electrons. The van der Waals surface area contributed by atoms with Crippen molar-refractivity contribution in [1.29, 1.82) is 0 Å². The smallest absolute Gasteiger partial charge is 0.260 e. The molecule has 1 saturated heterocycles. The Bertz CT molecular complexity index is 1000. The third kappa shape index (κ3) is 4.61. The van der Waals surface area contributed by atoms with Crippen molar-refractivity contribution in [3.05, 3.63) is 53.8 Å². The van der Waals surface area contributed by atoms with Crippen molar-refractivity contribution in [1.82, 2.24) is 9.88 Å². The zero-order valence-electron chi connectivity index (χ0n) is 16.8. The number of carbonyl (C=O) groups excluding carboxylic acids is 1. The summed E-state index contributed by atoms with van der Waals surface area (Å²) in [5.41, 5.74) is 0.841. The molecular weight excluding hydrogens is 405 g/mol. The summed E-state index contributed by atoms with van der Waals surface area (Å²) in [6.07, 6.45) is 0. The minimum absolute atomic E-state index is 0.161. The highest BCUT2D eigenvalue weighted by atomic mass is 32.1. The molecule has 1 aromatic heterocycles. The van der Waals surface area contributed by atoms with E-state index in [1.807, 2.05) is 13.0 Å². The average molecular weight is 430 g/mol. The lowest BCUT2D eigenvalue weighted by atomic mass is 10.2. The monoisotopic (exact) mass is 429 g/mol. The van der Waals surface area contributed by atoms with Crippen molar-refractivity contribution < 1.29 is 18.7 Å². The molecule has 0 N–H and O–H groups in total. The molecule has 158 valence electrons. The van der Waals surface area contributed by atoms with Crippen LogP contribution in [0.3, 0.4) is 0 Å². The number of para-hydroxylation sites is 1. The normalized spacial score (nSPS) is 14.7. The number of fused-ring (bicyclic) bond motifs is 1. The van der Waals surface area contributed by atoms with Gasteiger partial charge in [-0.1, -0.05) is 17.4 Å². The number of thiazole rings is 1. The lowest BCUT2D eigenvalue weighted by Gasteiger charge is -2.29. The van der Waals surface area contributed by atoms with Crippen molar-refractivity contribution in [2.24, 2.45) is 0 Å². The van der Waals surface area contributed by atoms with Crippen molar-refractivity contribution in [3.8, 4) is 5.75 Å². The van der Waals surface area contributed by atoms with Gasteiger partial charge in [-0.25, -0.2) is 9.37 Å². The molecule has 1 fully saturated rings. The summed E-state index contributed by atoms with van der Waals surface area (Å²) >= 11 is 1.33. The van der Waals surface area contributed by atoms with Crippen LogP contribution in [0.1, 0.15) is 17.3 Å². The Morgan fingerprint density at radius 2 is 2.00 bits per heavy atom. The molecule has 1 aliphatic rings. The van der Waals surface area contributed by atoms with E-state index in [0.29, 0.717) is 49.1 Å². The topological polar surface area (TPSA) is 54.9 Å². The molecule has 1 amide bonds. The second kappa shape index (κ2) is 9.51. The van der Waals surface area contributed by atoms with Crippen LogP contribution in [0.25, 0.3) is 10.2 Å². The number of carbonyl (C=O) groups is 1. The first kappa shape index (κ1) is 20.7. The van der Waals surface area contributed by atoms with Crippen molar-refractivity contribution in [2.45, 2.75) is 6.92 Å². The molecule has 0 aliphatic carbocycles. The number of nitrogens with zero attached hydrogens (tertiary/aromatic N) is 3. The van der Waals surface area contributed by atoms with Gasteiger partial charge in [0.05, 0.1) is 24.5 Å².